The molecular weight excluding hydrogens is 415 g/mol. The first kappa shape index (κ1) is 22.4. The Hall–Kier alpha value is -2.88. The van der Waals surface area contributed by atoms with Crippen LogP contribution in [0.15, 0.2) is 35.9 Å². The largest absolute Gasteiger partial charge is 0.495 e. The molecule has 0 saturated carbocycles. The minimum atomic E-state index is -0.628. The summed E-state index contributed by atoms with van der Waals surface area (Å²) in [5, 5.41) is 12.9. The normalized spacial score (nSPS) is 10.8. The van der Waals surface area contributed by atoms with Crippen molar-refractivity contribution in [2.24, 2.45) is 0 Å². The van der Waals surface area contributed by atoms with E-state index in [9.17, 15) is 10.1 Å². The van der Waals surface area contributed by atoms with Gasteiger partial charge in [0.15, 0.2) is 0 Å². The number of hydrogen-bond acceptors (Lipinski definition) is 5. The zero-order valence-electron chi connectivity index (χ0n) is 16.2. The van der Waals surface area contributed by atoms with E-state index in [0.29, 0.717) is 45.2 Å². The van der Waals surface area contributed by atoms with Gasteiger partial charge in [0.2, 0.25) is 0 Å². The van der Waals surface area contributed by atoms with Gasteiger partial charge in [0.1, 0.15) is 28.9 Å². The molecule has 0 aliphatic heterocycles. The minimum Gasteiger partial charge on any atom is -0.495 e. The molecule has 29 heavy (non-hydrogen) atoms. The predicted molar refractivity (Wildman–Crippen MR) is 114 cm³/mol. The van der Waals surface area contributed by atoms with Gasteiger partial charge in [-0.1, -0.05) is 30.1 Å². The highest BCUT2D eigenvalue weighted by atomic mass is 35.5. The van der Waals surface area contributed by atoms with E-state index in [0.717, 1.165) is 6.42 Å². The molecule has 0 radical (unpaired) electrons. The Bertz CT molecular complexity index is 968. The number of carbonyl (C=O) groups excluding carboxylic acids is 1. The lowest BCUT2D eigenvalue weighted by Crippen LogP contribution is -2.14. The van der Waals surface area contributed by atoms with Crippen molar-refractivity contribution in [1.29, 1.82) is 5.26 Å². The molecule has 1 N–H and O–H groups in total. The quantitative estimate of drug-likeness (QED) is 0.447. The molecule has 6 nitrogen and oxygen atoms in total. The van der Waals surface area contributed by atoms with E-state index in [1.807, 2.05) is 13.0 Å². The first-order valence-corrected chi connectivity index (χ1v) is 9.46. The van der Waals surface area contributed by atoms with E-state index >= 15 is 0 Å². The average Bonchev–Trinajstić information content (AvgIpc) is 2.72. The van der Waals surface area contributed by atoms with Crippen LogP contribution in [-0.4, -0.2) is 26.7 Å². The monoisotopic (exact) mass is 434 g/mol. The Morgan fingerprint density at radius 2 is 1.86 bits per heavy atom. The molecule has 0 spiro atoms. The van der Waals surface area contributed by atoms with Crippen LogP contribution in [0.4, 0.5) is 5.69 Å². The third kappa shape index (κ3) is 5.80. The van der Waals surface area contributed by atoms with Gasteiger partial charge in [0, 0.05) is 22.7 Å². The Kier molecular flexibility index (Phi) is 8.20. The second kappa shape index (κ2) is 10.6. The maximum Gasteiger partial charge on any atom is 0.266 e. The Morgan fingerprint density at radius 3 is 2.48 bits per heavy atom. The summed E-state index contributed by atoms with van der Waals surface area (Å²) in [5.41, 5.74) is 0.705. The van der Waals surface area contributed by atoms with Crippen LogP contribution in [0.25, 0.3) is 6.08 Å². The molecule has 0 aliphatic rings. The van der Waals surface area contributed by atoms with E-state index < -0.39 is 5.91 Å². The summed E-state index contributed by atoms with van der Waals surface area (Å²) in [7, 11) is 2.90. The molecule has 2 rings (SSSR count). The highest BCUT2D eigenvalue weighted by molar-refractivity contribution is 6.32. The van der Waals surface area contributed by atoms with E-state index in [2.05, 4.69) is 5.32 Å². The third-order valence-corrected chi connectivity index (χ3v) is 4.35. The molecular formula is C21H20Cl2N2O4. The van der Waals surface area contributed by atoms with Crippen molar-refractivity contribution in [3.63, 3.8) is 0 Å². The average molecular weight is 435 g/mol. The number of amides is 1. The van der Waals surface area contributed by atoms with Crippen LogP contribution in [0.2, 0.25) is 10.0 Å². The van der Waals surface area contributed by atoms with Crippen LogP contribution < -0.4 is 19.5 Å². The number of methoxy groups -OCH3 is 2. The van der Waals surface area contributed by atoms with Crippen molar-refractivity contribution < 1.29 is 19.0 Å². The first-order chi connectivity index (χ1) is 13.9. The van der Waals surface area contributed by atoms with E-state index in [4.69, 9.17) is 37.4 Å². The zero-order valence-corrected chi connectivity index (χ0v) is 17.7. The van der Waals surface area contributed by atoms with Gasteiger partial charge in [-0.3, -0.25) is 4.79 Å². The van der Waals surface area contributed by atoms with Crippen molar-refractivity contribution in [2.75, 3.05) is 26.1 Å². The van der Waals surface area contributed by atoms with E-state index in [-0.39, 0.29) is 5.57 Å². The lowest BCUT2D eigenvalue weighted by Gasteiger charge is -2.13. The molecule has 0 atom stereocenters. The molecule has 0 bridgehead atoms. The highest BCUT2D eigenvalue weighted by Gasteiger charge is 2.16. The van der Waals surface area contributed by atoms with Crippen LogP contribution in [0.1, 0.15) is 18.9 Å². The number of ether oxygens (including phenoxy) is 3. The number of hydrogen-bond donors (Lipinski definition) is 1. The Labute approximate surface area is 179 Å². The second-order valence-corrected chi connectivity index (χ2v) is 6.69. The molecule has 2 aromatic rings. The molecule has 0 heterocycles. The fourth-order valence-electron chi connectivity index (χ4n) is 2.43. The van der Waals surface area contributed by atoms with Crippen LogP contribution in [0.5, 0.6) is 17.2 Å². The molecule has 0 unspecified atom stereocenters. The maximum absolute atomic E-state index is 12.7. The van der Waals surface area contributed by atoms with Crippen molar-refractivity contribution in [3.05, 3.63) is 51.5 Å². The van der Waals surface area contributed by atoms with Gasteiger partial charge in [-0.05, 0) is 30.7 Å². The van der Waals surface area contributed by atoms with Crippen LogP contribution in [-0.2, 0) is 4.79 Å². The van der Waals surface area contributed by atoms with Crippen molar-refractivity contribution >= 4 is 40.9 Å². The van der Waals surface area contributed by atoms with Gasteiger partial charge < -0.3 is 19.5 Å². The molecule has 152 valence electrons. The molecule has 1 amide bonds. The lowest BCUT2D eigenvalue weighted by molar-refractivity contribution is -0.112. The Morgan fingerprint density at radius 1 is 1.14 bits per heavy atom. The number of benzene rings is 2. The smallest absolute Gasteiger partial charge is 0.266 e. The fraction of sp³-hybridized carbons (Fsp3) is 0.238. The lowest BCUT2D eigenvalue weighted by atomic mass is 10.1. The molecule has 8 heteroatoms. The zero-order chi connectivity index (χ0) is 21.4. The second-order valence-electron chi connectivity index (χ2n) is 5.84. The van der Waals surface area contributed by atoms with Gasteiger partial charge in [-0.15, -0.1) is 0 Å². The number of anilines is 1. The Balaban J connectivity index is 2.37. The van der Waals surface area contributed by atoms with Gasteiger partial charge >= 0.3 is 0 Å². The summed E-state index contributed by atoms with van der Waals surface area (Å²) in [6, 6.07) is 9.94. The summed E-state index contributed by atoms with van der Waals surface area (Å²) >= 11 is 12.1. The number of nitrogens with one attached hydrogen (secondary N) is 1. The topological polar surface area (TPSA) is 80.6 Å². The summed E-state index contributed by atoms with van der Waals surface area (Å²) in [6.45, 7) is 2.48. The molecule has 2 aromatic carbocycles. The maximum atomic E-state index is 12.7. The number of nitriles is 1. The fourth-order valence-corrected chi connectivity index (χ4v) is 2.84. The van der Waals surface area contributed by atoms with Gasteiger partial charge in [-0.2, -0.15) is 5.26 Å². The number of halogens is 2. The third-order valence-electron chi connectivity index (χ3n) is 3.82. The minimum absolute atomic E-state index is 0.135. The summed E-state index contributed by atoms with van der Waals surface area (Å²) in [5.74, 6) is 0.589. The van der Waals surface area contributed by atoms with Crippen LogP contribution in [0, 0.1) is 11.3 Å². The van der Waals surface area contributed by atoms with E-state index in [1.165, 1.54) is 32.4 Å². The van der Waals surface area contributed by atoms with Crippen molar-refractivity contribution in [3.8, 4) is 23.3 Å². The molecule has 0 fully saturated rings. The van der Waals surface area contributed by atoms with Crippen molar-refractivity contribution in [1.82, 2.24) is 0 Å². The molecule has 0 aliphatic carbocycles. The van der Waals surface area contributed by atoms with E-state index in [1.54, 1.807) is 18.2 Å². The van der Waals surface area contributed by atoms with Gasteiger partial charge in [0.05, 0.1) is 31.5 Å². The van der Waals surface area contributed by atoms with Crippen LogP contribution in [0.3, 0.4) is 0 Å². The van der Waals surface area contributed by atoms with Gasteiger partial charge in [-0.25, -0.2) is 0 Å². The SMILES string of the molecule is CCCOc1ccc(Cl)cc1/C=C(\C#N)C(=O)Nc1cc(OC)c(Cl)cc1OC. The van der Waals surface area contributed by atoms with Crippen LogP contribution >= 0.6 is 23.2 Å². The summed E-state index contributed by atoms with van der Waals surface area (Å²) in [4.78, 5) is 12.7. The first-order valence-electron chi connectivity index (χ1n) is 8.70. The standard InChI is InChI=1S/C21H20Cl2N2O4/c1-4-7-29-18-6-5-15(22)9-13(18)8-14(12-24)21(26)25-17-11-19(27-2)16(23)10-20(17)28-3/h5-6,8-11H,4,7H2,1-3H3,(H,25,26)/b14-8+. The summed E-state index contributed by atoms with van der Waals surface area (Å²) in [6.07, 6.45) is 2.24. The molecule has 0 saturated heterocycles. The molecule has 0 aromatic heterocycles. The highest BCUT2D eigenvalue weighted by Crippen LogP contribution is 2.36. The summed E-state index contributed by atoms with van der Waals surface area (Å²) < 4.78 is 16.1. The number of rotatable bonds is 8. The number of carbonyl (C=O) groups is 1. The predicted octanol–water partition coefficient (Wildman–Crippen LogP) is 5.35. The van der Waals surface area contributed by atoms with Crippen molar-refractivity contribution in [2.45, 2.75) is 13.3 Å². The number of nitrogens with zero attached hydrogens (tertiary/aromatic N) is 1. The van der Waals surface area contributed by atoms with Gasteiger partial charge in [0.25, 0.3) is 5.91 Å².